The fourth-order valence-corrected chi connectivity index (χ4v) is 4.61. The van der Waals surface area contributed by atoms with Crippen LogP contribution >= 0.6 is 0 Å². The highest BCUT2D eigenvalue weighted by atomic mass is 16.3. The van der Waals surface area contributed by atoms with Crippen molar-refractivity contribution in [1.82, 2.24) is 19.7 Å². The van der Waals surface area contributed by atoms with Crippen molar-refractivity contribution in [2.45, 2.75) is 38.3 Å². The van der Waals surface area contributed by atoms with E-state index in [4.69, 9.17) is 0 Å². The number of aliphatic hydroxyl groups is 1. The number of pyridine rings is 1. The molecule has 0 unspecified atom stereocenters. The zero-order valence-electron chi connectivity index (χ0n) is 17.1. The highest BCUT2D eigenvalue weighted by Crippen LogP contribution is 2.36. The van der Waals surface area contributed by atoms with Gasteiger partial charge in [-0.05, 0) is 36.8 Å². The van der Waals surface area contributed by atoms with Crippen LogP contribution in [0, 0.1) is 17.2 Å². The molecular weight excluding hydrogens is 376 g/mol. The highest BCUT2D eigenvalue weighted by Gasteiger charge is 2.27. The average Bonchev–Trinajstić information content (AvgIpc) is 3.33. The predicted molar refractivity (Wildman–Crippen MR) is 117 cm³/mol. The Morgan fingerprint density at radius 1 is 1.27 bits per heavy atom. The second kappa shape index (κ2) is 7.15. The van der Waals surface area contributed by atoms with Crippen molar-refractivity contribution in [3.8, 4) is 17.2 Å². The summed E-state index contributed by atoms with van der Waals surface area (Å²) in [5.41, 5.74) is 4.41. The molecule has 152 valence electrons. The zero-order valence-corrected chi connectivity index (χ0v) is 17.1. The van der Waals surface area contributed by atoms with Gasteiger partial charge in [0, 0.05) is 41.9 Å². The maximum Gasteiger partial charge on any atom is 0.136 e. The van der Waals surface area contributed by atoms with Crippen molar-refractivity contribution >= 4 is 27.6 Å². The molecule has 1 aliphatic rings. The van der Waals surface area contributed by atoms with Gasteiger partial charge < -0.3 is 15.4 Å². The summed E-state index contributed by atoms with van der Waals surface area (Å²) in [7, 11) is 1.90. The number of nitriles is 1. The third-order valence-electron chi connectivity index (χ3n) is 6.25. The van der Waals surface area contributed by atoms with Crippen molar-refractivity contribution in [2.75, 3.05) is 5.32 Å². The van der Waals surface area contributed by atoms with Crippen LogP contribution < -0.4 is 5.32 Å². The maximum atomic E-state index is 9.94. The molecule has 1 aromatic carbocycles. The Labute approximate surface area is 174 Å². The van der Waals surface area contributed by atoms with E-state index in [1.54, 1.807) is 10.9 Å². The van der Waals surface area contributed by atoms with E-state index in [-0.39, 0.29) is 12.1 Å². The lowest BCUT2D eigenvalue weighted by atomic mass is 9.84. The number of nitrogens with one attached hydrogen (secondary N) is 2. The number of aromatic amines is 1. The van der Waals surface area contributed by atoms with Crippen molar-refractivity contribution in [2.24, 2.45) is 13.0 Å². The molecule has 0 aliphatic heterocycles. The van der Waals surface area contributed by atoms with Crippen LogP contribution in [0.5, 0.6) is 0 Å². The molecular formula is C23H24N6O. The number of fused-ring (bicyclic) bond motifs is 3. The van der Waals surface area contributed by atoms with E-state index in [0.29, 0.717) is 11.5 Å². The summed E-state index contributed by atoms with van der Waals surface area (Å²) < 4.78 is 1.78. The number of rotatable bonds is 3. The molecule has 0 saturated heterocycles. The molecule has 30 heavy (non-hydrogen) atoms. The number of anilines is 1. The van der Waals surface area contributed by atoms with Crippen molar-refractivity contribution < 1.29 is 5.11 Å². The molecule has 0 amide bonds. The molecule has 3 atom stereocenters. The first kappa shape index (κ1) is 18.6. The monoisotopic (exact) mass is 400 g/mol. The van der Waals surface area contributed by atoms with E-state index >= 15 is 0 Å². The van der Waals surface area contributed by atoms with E-state index < -0.39 is 0 Å². The fraction of sp³-hybridized carbons (Fsp3) is 0.348. The smallest absolute Gasteiger partial charge is 0.136 e. The van der Waals surface area contributed by atoms with Crippen LogP contribution in [0.3, 0.4) is 0 Å². The first-order valence-corrected chi connectivity index (χ1v) is 10.3. The van der Waals surface area contributed by atoms with Crippen LogP contribution in [0.15, 0.2) is 36.8 Å². The van der Waals surface area contributed by atoms with E-state index in [1.165, 1.54) is 0 Å². The van der Waals surface area contributed by atoms with Crippen LogP contribution in [-0.2, 0) is 7.05 Å². The van der Waals surface area contributed by atoms with Gasteiger partial charge in [-0.1, -0.05) is 19.1 Å². The van der Waals surface area contributed by atoms with E-state index in [0.717, 1.165) is 58.0 Å². The number of aromatic nitrogens is 4. The summed E-state index contributed by atoms with van der Waals surface area (Å²) in [4.78, 5) is 8.04. The Balaban J connectivity index is 1.62. The minimum Gasteiger partial charge on any atom is -0.393 e. The highest BCUT2D eigenvalue weighted by molar-refractivity contribution is 6.14. The number of benzene rings is 1. The Bertz CT molecular complexity index is 1280. The lowest BCUT2D eigenvalue weighted by Crippen LogP contribution is -2.35. The summed E-state index contributed by atoms with van der Waals surface area (Å²) in [5.74, 6) is 1.14. The summed E-state index contributed by atoms with van der Waals surface area (Å²) in [6.45, 7) is 2.16. The van der Waals surface area contributed by atoms with Gasteiger partial charge in [-0.25, -0.2) is 4.98 Å². The maximum absolute atomic E-state index is 9.94. The molecule has 1 saturated carbocycles. The van der Waals surface area contributed by atoms with Gasteiger partial charge >= 0.3 is 0 Å². The van der Waals surface area contributed by atoms with E-state index in [1.807, 2.05) is 19.4 Å². The Morgan fingerprint density at radius 3 is 2.87 bits per heavy atom. The van der Waals surface area contributed by atoms with Gasteiger partial charge in [-0.2, -0.15) is 10.4 Å². The number of nitrogens with zero attached hydrogens (tertiary/aromatic N) is 4. The third-order valence-corrected chi connectivity index (χ3v) is 6.25. The van der Waals surface area contributed by atoms with E-state index in [9.17, 15) is 10.4 Å². The van der Waals surface area contributed by atoms with Crippen LogP contribution in [-0.4, -0.2) is 37.0 Å². The molecule has 3 aromatic heterocycles. The number of H-pyrrole nitrogens is 1. The second-order valence-electron chi connectivity index (χ2n) is 8.37. The SMILES string of the molecule is C[C@H]1C[C@H](O)CC[C@H]1Nc1ncc(C#N)c2[nH]c3cc(-c4cnn(C)c4)ccc3c12. The zero-order chi connectivity index (χ0) is 20.8. The summed E-state index contributed by atoms with van der Waals surface area (Å²) in [6, 6.07) is 8.76. The minimum atomic E-state index is -0.217. The lowest BCUT2D eigenvalue weighted by molar-refractivity contribution is 0.0999. The Morgan fingerprint density at radius 2 is 2.13 bits per heavy atom. The third kappa shape index (κ3) is 3.10. The Hall–Kier alpha value is -3.37. The fourth-order valence-electron chi connectivity index (χ4n) is 4.61. The molecule has 3 heterocycles. The van der Waals surface area contributed by atoms with Crippen LogP contribution in [0.1, 0.15) is 31.7 Å². The molecule has 0 spiro atoms. The average molecular weight is 400 g/mol. The van der Waals surface area contributed by atoms with E-state index in [2.05, 4.69) is 51.6 Å². The second-order valence-corrected chi connectivity index (χ2v) is 8.37. The first-order chi connectivity index (χ1) is 14.5. The number of hydrogen-bond donors (Lipinski definition) is 3. The van der Waals surface area contributed by atoms with Crippen molar-refractivity contribution in [3.05, 3.63) is 42.4 Å². The van der Waals surface area contributed by atoms with Crippen molar-refractivity contribution in [3.63, 3.8) is 0 Å². The normalized spacial score (nSPS) is 21.7. The van der Waals surface area contributed by atoms with Gasteiger partial charge in [-0.3, -0.25) is 4.68 Å². The number of aliphatic hydroxyl groups excluding tert-OH is 1. The molecule has 7 heteroatoms. The van der Waals surface area contributed by atoms with Crippen LogP contribution in [0.25, 0.3) is 32.9 Å². The summed E-state index contributed by atoms with van der Waals surface area (Å²) >= 11 is 0. The molecule has 7 nitrogen and oxygen atoms in total. The summed E-state index contributed by atoms with van der Waals surface area (Å²) in [6.07, 6.45) is 7.73. The Kier molecular flexibility index (Phi) is 4.44. The quantitative estimate of drug-likeness (QED) is 0.483. The van der Waals surface area contributed by atoms with Gasteiger partial charge in [0.05, 0.1) is 28.8 Å². The summed E-state index contributed by atoms with van der Waals surface area (Å²) in [5, 5.41) is 29.4. The predicted octanol–water partition coefficient (Wildman–Crippen LogP) is 3.95. The van der Waals surface area contributed by atoms with Crippen LogP contribution in [0.4, 0.5) is 5.82 Å². The molecule has 3 N–H and O–H groups in total. The van der Waals surface area contributed by atoms with Gasteiger partial charge in [0.2, 0.25) is 0 Å². The standard InChI is InChI=1S/C23H24N6O/c1-13-7-17(30)4-6-19(13)28-23-21-18-5-3-14(16-11-26-29(2)12-16)8-20(18)27-22(21)15(9-24)10-25-23/h3,5,8,10-13,17,19,27,30H,4,6-7H2,1-2H3,(H,25,28)/t13-,17+,19+/m0/s1. The molecule has 0 bridgehead atoms. The number of aryl methyl sites for hydroxylation is 1. The molecule has 0 radical (unpaired) electrons. The number of hydrogen-bond acceptors (Lipinski definition) is 5. The van der Waals surface area contributed by atoms with Crippen LogP contribution in [0.2, 0.25) is 0 Å². The molecule has 4 aromatic rings. The minimum absolute atomic E-state index is 0.217. The topological polar surface area (TPSA) is 103 Å². The van der Waals surface area contributed by atoms with Gasteiger partial charge in [0.25, 0.3) is 0 Å². The lowest BCUT2D eigenvalue weighted by Gasteiger charge is -2.32. The molecule has 1 fully saturated rings. The largest absolute Gasteiger partial charge is 0.393 e. The first-order valence-electron chi connectivity index (χ1n) is 10.3. The van der Waals surface area contributed by atoms with Gasteiger partial charge in [-0.15, -0.1) is 0 Å². The van der Waals surface area contributed by atoms with Gasteiger partial charge in [0.15, 0.2) is 0 Å². The molecule has 1 aliphatic carbocycles. The van der Waals surface area contributed by atoms with Crippen molar-refractivity contribution in [1.29, 1.82) is 5.26 Å². The van der Waals surface area contributed by atoms with Gasteiger partial charge in [0.1, 0.15) is 11.9 Å². The molecule has 5 rings (SSSR count).